The molecular weight excluding hydrogens is 200 g/mol. The minimum atomic E-state index is -2.48. The van der Waals surface area contributed by atoms with Gasteiger partial charge in [0.1, 0.15) is 0 Å². The van der Waals surface area contributed by atoms with Crippen molar-refractivity contribution >= 4 is 0 Å². The third-order valence-electron chi connectivity index (χ3n) is 3.95. The average molecular weight is 219 g/mol. The van der Waals surface area contributed by atoms with Gasteiger partial charge in [-0.1, -0.05) is 0 Å². The fourth-order valence-electron chi connectivity index (χ4n) is 2.76. The molecule has 0 atom stereocenters. The highest BCUT2D eigenvalue weighted by atomic mass is 19.3. The van der Waals surface area contributed by atoms with Crippen molar-refractivity contribution in [3.63, 3.8) is 0 Å². The van der Waals surface area contributed by atoms with Crippen LogP contribution in [0.25, 0.3) is 0 Å². The molecule has 0 aromatic carbocycles. The van der Waals surface area contributed by atoms with Gasteiger partial charge in [-0.2, -0.15) is 0 Å². The zero-order chi connectivity index (χ0) is 10.9. The van der Waals surface area contributed by atoms with E-state index in [0.717, 1.165) is 26.1 Å². The first kappa shape index (κ1) is 11.3. The Labute approximate surface area is 89.2 Å². The van der Waals surface area contributed by atoms with Gasteiger partial charge < -0.3 is 10.5 Å². The summed E-state index contributed by atoms with van der Waals surface area (Å²) in [6.07, 6.45) is 2.71. The van der Waals surface area contributed by atoms with Crippen molar-refractivity contribution in [2.24, 2.45) is 11.7 Å². The second-order valence-electron chi connectivity index (χ2n) is 4.98. The monoisotopic (exact) mass is 219 g/mol. The number of hydrogen-bond donors (Lipinski definition) is 1. The summed E-state index contributed by atoms with van der Waals surface area (Å²) >= 11 is 0. The molecule has 2 fully saturated rings. The Morgan fingerprint density at radius 1 is 1.00 bits per heavy atom. The molecule has 2 N–H and O–H groups in total. The van der Waals surface area contributed by atoms with Gasteiger partial charge >= 0.3 is 0 Å². The fourth-order valence-corrected chi connectivity index (χ4v) is 2.76. The quantitative estimate of drug-likeness (QED) is 0.734. The summed E-state index contributed by atoms with van der Waals surface area (Å²) in [5.41, 5.74) is 5.91. The van der Waals surface area contributed by atoms with Gasteiger partial charge in [-0.25, -0.2) is 8.78 Å². The van der Waals surface area contributed by atoms with Gasteiger partial charge in [0.05, 0.1) is 0 Å². The molecule has 0 unspecified atom stereocenters. The fraction of sp³-hybridized carbons (Fsp3) is 1.00. The van der Waals surface area contributed by atoms with Gasteiger partial charge in [0.25, 0.3) is 0 Å². The first-order chi connectivity index (χ1) is 7.02. The lowest BCUT2D eigenvalue weighted by Crippen LogP contribution is -2.53. The highest BCUT2D eigenvalue weighted by molar-refractivity contribution is 4.97. The van der Waals surface area contributed by atoms with Crippen LogP contribution in [-0.2, 0) is 4.74 Å². The number of rotatable bonds is 1. The van der Waals surface area contributed by atoms with Gasteiger partial charge in [-0.05, 0) is 31.6 Å². The molecule has 88 valence electrons. The molecule has 0 radical (unpaired) electrons. The zero-order valence-corrected chi connectivity index (χ0v) is 8.98. The molecule has 1 aliphatic carbocycles. The maximum atomic E-state index is 13.0. The zero-order valence-electron chi connectivity index (χ0n) is 8.98. The van der Waals surface area contributed by atoms with E-state index in [1.807, 2.05) is 0 Å². The molecule has 0 aromatic rings. The van der Waals surface area contributed by atoms with E-state index in [4.69, 9.17) is 10.5 Å². The maximum absolute atomic E-state index is 13.0. The van der Waals surface area contributed by atoms with Crippen molar-refractivity contribution in [2.75, 3.05) is 13.2 Å². The van der Waals surface area contributed by atoms with Crippen LogP contribution in [-0.4, -0.2) is 24.7 Å². The van der Waals surface area contributed by atoms with E-state index >= 15 is 0 Å². The lowest BCUT2D eigenvalue weighted by atomic mass is 9.70. The molecule has 1 saturated carbocycles. The van der Waals surface area contributed by atoms with E-state index in [-0.39, 0.29) is 18.4 Å². The normalized spacial score (nSPS) is 31.4. The molecule has 1 saturated heterocycles. The second kappa shape index (κ2) is 3.98. The number of hydrogen-bond acceptors (Lipinski definition) is 2. The predicted molar refractivity (Wildman–Crippen MR) is 53.9 cm³/mol. The summed E-state index contributed by atoms with van der Waals surface area (Å²) in [6, 6.07) is 0. The molecule has 0 bridgehead atoms. The minimum Gasteiger partial charge on any atom is -0.381 e. The highest BCUT2D eigenvalue weighted by Gasteiger charge is 2.45. The third kappa shape index (κ3) is 2.48. The van der Waals surface area contributed by atoms with E-state index in [9.17, 15) is 8.78 Å². The molecule has 2 rings (SSSR count). The number of halogens is 2. The lowest BCUT2D eigenvalue weighted by Gasteiger charge is -2.44. The Morgan fingerprint density at radius 3 is 2.07 bits per heavy atom. The number of ether oxygens (including phenoxy) is 1. The van der Waals surface area contributed by atoms with E-state index in [0.29, 0.717) is 18.8 Å². The molecule has 0 amide bonds. The smallest absolute Gasteiger partial charge is 0.248 e. The second-order valence-corrected chi connectivity index (χ2v) is 4.98. The largest absolute Gasteiger partial charge is 0.381 e. The van der Waals surface area contributed by atoms with Crippen LogP contribution in [0.2, 0.25) is 0 Å². The Hall–Kier alpha value is -0.220. The van der Waals surface area contributed by atoms with Gasteiger partial charge in [0, 0.05) is 31.6 Å². The van der Waals surface area contributed by atoms with Crippen LogP contribution in [0.3, 0.4) is 0 Å². The summed E-state index contributed by atoms with van der Waals surface area (Å²) in [6.45, 7) is 1.47. The standard InChI is InChI=1S/C11H19F2NO/c12-11(13)5-3-10(14,4-6-11)9-1-7-15-8-2-9/h9H,1-8,14H2. The van der Waals surface area contributed by atoms with Crippen molar-refractivity contribution in [1.29, 1.82) is 0 Å². The third-order valence-corrected chi connectivity index (χ3v) is 3.95. The summed E-state index contributed by atoms with van der Waals surface area (Å²) in [4.78, 5) is 0. The van der Waals surface area contributed by atoms with Crippen LogP contribution in [0.5, 0.6) is 0 Å². The first-order valence-corrected chi connectivity index (χ1v) is 5.76. The predicted octanol–water partition coefficient (Wildman–Crippen LogP) is 2.32. The first-order valence-electron chi connectivity index (χ1n) is 5.76. The lowest BCUT2D eigenvalue weighted by molar-refractivity contribution is -0.0679. The topological polar surface area (TPSA) is 35.2 Å². The molecule has 2 nitrogen and oxygen atoms in total. The Bertz CT molecular complexity index is 217. The molecule has 0 spiro atoms. The minimum absolute atomic E-state index is 0.0408. The van der Waals surface area contributed by atoms with E-state index < -0.39 is 5.92 Å². The number of nitrogens with two attached hydrogens (primary N) is 1. The van der Waals surface area contributed by atoms with Crippen molar-refractivity contribution in [2.45, 2.75) is 50.0 Å². The average Bonchev–Trinajstić information content (AvgIpc) is 2.24. The SMILES string of the molecule is NC1(C2CCOCC2)CCC(F)(F)CC1. The van der Waals surface area contributed by atoms with Gasteiger partial charge in [-0.3, -0.25) is 0 Å². The Balaban J connectivity index is 1.95. The van der Waals surface area contributed by atoms with Crippen LogP contribution in [0, 0.1) is 5.92 Å². The van der Waals surface area contributed by atoms with Crippen LogP contribution in [0.1, 0.15) is 38.5 Å². The van der Waals surface area contributed by atoms with Crippen LogP contribution < -0.4 is 5.73 Å². The molecule has 15 heavy (non-hydrogen) atoms. The van der Waals surface area contributed by atoms with Crippen molar-refractivity contribution < 1.29 is 13.5 Å². The molecule has 0 aromatic heterocycles. The van der Waals surface area contributed by atoms with E-state index in [2.05, 4.69) is 0 Å². The van der Waals surface area contributed by atoms with Gasteiger partial charge in [0.15, 0.2) is 0 Å². The highest BCUT2D eigenvalue weighted by Crippen LogP contribution is 2.42. The van der Waals surface area contributed by atoms with Crippen LogP contribution in [0.4, 0.5) is 8.78 Å². The van der Waals surface area contributed by atoms with Crippen molar-refractivity contribution in [3.8, 4) is 0 Å². The van der Waals surface area contributed by atoms with E-state index in [1.165, 1.54) is 0 Å². The van der Waals surface area contributed by atoms with Crippen LogP contribution in [0.15, 0.2) is 0 Å². The number of alkyl halides is 2. The molecule has 4 heteroatoms. The summed E-state index contributed by atoms with van der Waals surface area (Å²) < 4.78 is 31.3. The maximum Gasteiger partial charge on any atom is 0.248 e. The molecule has 1 aliphatic heterocycles. The molecule has 2 aliphatic rings. The summed E-state index contributed by atoms with van der Waals surface area (Å²) in [7, 11) is 0. The van der Waals surface area contributed by atoms with Gasteiger partial charge in [0.2, 0.25) is 5.92 Å². The molecule has 1 heterocycles. The van der Waals surface area contributed by atoms with Crippen molar-refractivity contribution in [1.82, 2.24) is 0 Å². The Morgan fingerprint density at radius 2 is 1.53 bits per heavy atom. The summed E-state index contributed by atoms with van der Waals surface area (Å²) in [5.74, 6) is -2.10. The summed E-state index contributed by atoms with van der Waals surface area (Å²) in [5, 5.41) is 0. The van der Waals surface area contributed by atoms with E-state index in [1.54, 1.807) is 0 Å². The van der Waals surface area contributed by atoms with Crippen LogP contribution >= 0.6 is 0 Å². The van der Waals surface area contributed by atoms with Gasteiger partial charge in [-0.15, -0.1) is 0 Å². The van der Waals surface area contributed by atoms with Crippen molar-refractivity contribution in [3.05, 3.63) is 0 Å². The molecular formula is C11H19F2NO. The Kier molecular flexibility index (Phi) is 2.99.